The summed E-state index contributed by atoms with van der Waals surface area (Å²) < 4.78 is 16.3. The normalized spacial score (nSPS) is 11.4. The lowest BCUT2D eigenvalue weighted by Gasteiger charge is -2.18. The third-order valence-corrected chi connectivity index (χ3v) is 6.06. The first-order chi connectivity index (χ1) is 15.4. The van der Waals surface area contributed by atoms with Crippen LogP contribution in [0.2, 0.25) is 0 Å². The van der Waals surface area contributed by atoms with E-state index in [1.807, 2.05) is 19.1 Å². The SMILES string of the molecule is C=C(N/C(=C(\C)P)c1cc(-c2cccc(C)c2)cs1)Nc1cc(OC)c(OC)c(OC)c1. The highest BCUT2D eigenvalue weighted by Crippen LogP contribution is 2.40. The van der Waals surface area contributed by atoms with Crippen molar-refractivity contribution in [3.05, 3.63) is 76.0 Å². The Morgan fingerprint density at radius 2 is 1.66 bits per heavy atom. The highest BCUT2D eigenvalue weighted by molar-refractivity contribution is 7.23. The Morgan fingerprint density at radius 1 is 0.969 bits per heavy atom. The number of methoxy groups -OCH3 is 3. The van der Waals surface area contributed by atoms with Crippen LogP contribution >= 0.6 is 20.6 Å². The number of anilines is 1. The van der Waals surface area contributed by atoms with Gasteiger partial charge in [0.15, 0.2) is 11.5 Å². The van der Waals surface area contributed by atoms with Crippen molar-refractivity contribution in [3.63, 3.8) is 0 Å². The van der Waals surface area contributed by atoms with Crippen LogP contribution in [-0.2, 0) is 0 Å². The van der Waals surface area contributed by atoms with Gasteiger partial charge in [0.25, 0.3) is 0 Å². The fourth-order valence-electron chi connectivity index (χ4n) is 3.31. The predicted molar refractivity (Wildman–Crippen MR) is 139 cm³/mol. The van der Waals surface area contributed by atoms with Crippen molar-refractivity contribution < 1.29 is 14.2 Å². The van der Waals surface area contributed by atoms with E-state index in [1.54, 1.807) is 32.7 Å². The highest BCUT2D eigenvalue weighted by Gasteiger charge is 2.15. The molecule has 3 rings (SSSR count). The molecule has 1 unspecified atom stereocenters. The van der Waals surface area contributed by atoms with E-state index < -0.39 is 0 Å². The van der Waals surface area contributed by atoms with Crippen LogP contribution in [-0.4, -0.2) is 21.3 Å². The molecule has 5 nitrogen and oxygen atoms in total. The molecule has 2 N–H and O–H groups in total. The van der Waals surface area contributed by atoms with Crippen molar-refractivity contribution in [1.82, 2.24) is 5.32 Å². The van der Waals surface area contributed by atoms with E-state index in [1.165, 1.54) is 16.7 Å². The minimum Gasteiger partial charge on any atom is -0.493 e. The molecule has 0 spiro atoms. The van der Waals surface area contributed by atoms with Crippen LogP contribution in [0.15, 0.2) is 65.6 Å². The molecule has 32 heavy (non-hydrogen) atoms. The summed E-state index contributed by atoms with van der Waals surface area (Å²) in [5, 5.41) is 9.95. The zero-order chi connectivity index (χ0) is 23.3. The number of thiophene rings is 1. The maximum absolute atomic E-state index is 5.44. The van der Waals surface area contributed by atoms with Crippen LogP contribution in [0.4, 0.5) is 5.69 Å². The number of ether oxygens (including phenoxy) is 3. The molecular weight excluding hydrogens is 439 g/mol. The zero-order valence-corrected chi connectivity index (χ0v) is 21.0. The second-order valence-electron chi connectivity index (χ2n) is 7.27. The van der Waals surface area contributed by atoms with E-state index >= 15 is 0 Å². The van der Waals surface area contributed by atoms with Crippen LogP contribution in [0.25, 0.3) is 16.8 Å². The minimum atomic E-state index is 0.544. The number of nitrogens with one attached hydrogen (secondary N) is 2. The van der Waals surface area contributed by atoms with Gasteiger partial charge >= 0.3 is 0 Å². The molecule has 3 aromatic rings. The number of aryl methyl sites for hydroxylation is 1. The molecule has 1 aromatic heterocycles. The monoisotopic (exact) mass is 468 g/mol. The first kappa shape index (κ1) is 23.7. The molecule has 0 radical (unpaired) electrons. The van der Waals surface area contributed by atoms with Gasteiger partial charge < -0.3 is 24.8 Å². The second kappa shape index (κ2) is 10.6. The van der Waals surface area contributed by atoms with Crippen molar-refractivity contribution in [3.8, 4) is 28.4 Å². The van der Waals surface area contributed by atoms with Crippen LogP contribution in [0.1, 0.15) is 17.4 Å². The molecule has 0 aliphatic rings. The lowest BCUT2D eigenvalue weighted by atomic mass is 10.1. The summed E-state index contributed by atoms with van der Waals surface area (Å²) in [7, 11) is 7.54. The Balaban J connectivity index is 1.81. The fourth-order valence-corrected chi connectivity index (χ4v) is 4.62. The molecule has 0 fully saturated rings. The molecule has 168 valence electrons. The topological polar surface area (TPSA) is 51.8 Å². The maximum Gasteiger partial charge on any atom is 0.203 e. The summed E-state index contributed by atoms with van der Waals surface area (Å²) in [5.74, 6) is 2.31. The Labute approximate surface area is 196 Å². The predicted octanol–water partition coefficient (Wildman–Crippen LogP) is 6.49. The summed E-state index contributed by atoms with van der Waals surface area (Å²) in [5.41, 5.74) is 5.41. The molecule has 0 saturated carbocycles. The molecule has 7 heteroatoms. The molecule has 0 amide bonds. The summed E-state index contributed by atoms with van der Waals surface area (Å²) in [6, 6.07) is 14.4. The van der Waals surface area contributed by atoms with Gasteiger partial charge in [0, 0.05) is 17.8 Å². The Bertz CT molecular complexity index is 1120. The van der Waals surface area contributed by atoms with Gasteiger partial charge in [-0.05, 0) is 41.7 Å². The van der Waals surface area contributed by atoms with Gasteiger partial charge in [0.1, 0.15) is 5.82 Å². The van der Waals surface area contributed by atoms with Gasteiger partial charge in [0.2, 0.25) is 5.75 Å². The van der Waals surface area contributed by atoms with E-state index in [0.717, 1.165) is 21.6 Å². The van der Waals surface area contributed by atoms with Crippen molar-refractivity contribution in [2.75, 3.05) is 26.6 Å². The van der Waals surface area contributed by atoms with Crippen molar-refractivity contribution in [1.29, 1.82) is 0 Å². The molecule has 0 aliphatic carbocycles. The number of rotatable bonds is 9. The van der Waals surface area contributed by atoms with E-state index in [-0.39, 0.29) is 0 Å². The van der Waals surface area contributed by atoms with Gasteiger partial charge in [-0.25, -0.2) is 0 Å². The van der Waals surface area contributed by atoms with E-state index in [0.29, 0.717) is 23.1 Å². The summed E-state index contributed by atoms with van der Waals surface area (Å²) in [4.78, 5) is 1.13. The minimum absolute atomic E-state index is 0.544. The largest absolute Gasteiger partial charge is 0.493 e. The molecular formula is C25H29N2O3PS. The van der Waals surface area contributed by atoms with Gasteiger partial charge in [-0.1, -0.05) is 36.4 Å². The summed E-state index contributed by atoms with van der Waals surface area (Å²) in [6.07, 6.45) is 0. The van der Waals surface area contributed by atoms with E-state index in [4.69, 9.17) is 14.2 Å². The number of hydrogen-bond acceptors (Lipinski definition) is 6. The molecule has 2 aromatic carbocycles. The Hall–Kier alpha value is -2.95. The van der Waals surface area contributed by atoms with E-state index in [2.05, 4.69) is 69.1 Å². The standard InChI is InChI=1S/C25H29N2O3PS/c1-15-8-7-9-18(10-15)19-11-23(32-14-19)24(16(2)31)27-17(3)26-20-12-21(28-4)25(30-6)22(13-20)29-5/h7-14,26-27H,3,31H2,1-2,4-6H3/b24-16+. The third-order valence-electron chi connectivity index (χ3n) is 4.83. The lowest BCUT2D eigenvalue weighted by Crippen LogP contribution is -2.17. The van der Waals surface area contributed by atoms with E-state index in [9.17, 15) is 0 Å². The third kappa shape index (κ3) is 5.45. The molecule has 1 atom stereocenters. The van der Waals surface area contributed by atoms with Crippen molar-refractivity contribution >= 4 is 32.0 Å². The van der Waals surface area contributed by atoms with Crippen molar-refractivity contribution in [2.45, 2.75) is 13.8 Å². The van der Waals surface area contributed by atoms with Gasteiger partial charge in [-0.2, -0.15) is 0 Å². The Kier molecular flexibility index (Phi) is 7.84. The first-order valence-corrected chi connectivity index (χ1v) is 11.5. The Morgan fingerprint density at radius 3 is 2.22 bits per heavy atom. The summed E-state index contributed by atoms with van der Waals surface area (Å²) >= 11 is 1.69. The molecule has 0 bridgehead atoms. The van der Waals surface area contributed by atoms with Gasteiger partial charge in [0.05, 0.1) is 31.9 Å². The lowest BCUT2D eigenvalue weighted by molar-refractivity contribution is 0.324. The number of hydrogen-bond donors (Lipinski definition) is 2. The van der Waals surface area contributed by atoms with Crippen LogP contribution < -0.4 is 24.8 Å². The zero-order valence-electron chi connectivity index (χ0n) is 19.0. The fraction of sp³-hybridized carbons (Fsp3) is 0.200. The number of benzene rings is 2. The van der Waals surface area contributed by atoms with Crippen LogP contribution in [0.3, 0.4) is 0 Å². The summed E-state index contributed by atoms with van der Waals surface area (Å²) in [6.45, 7) is 8.31. The average molecular weight is 469 g/mol. The number of allylic oxidation sites excluding steroid dienone is 1. The van der Waals surface area contributed by atoms with Crippen molar-refractivity contribution in [2.24, 2.45) is 0 Å². The highest BCUT2D eigenvalue weighted by atomic mass is 32.1. The molecule has 1 heterocycles. The van der Waals surface area contributed by atoms with Crippen LogP contribution in [0, 0.1) is 6.92 Å². The molecule has 0 aliphatic heterocycles. The average Bonchev–Trinajstić information content (AvgIpc) is 3.26. The maximum atomic E-state index is 5.44. The smallest absolute Gasteiger partial charge is 0.203 e. The quantitative estimate of drug-likeness (QED) is 0.352. The molecule has 0 saturated heterocycles. The van der Waals surface area contributed by atoms with Crippen LogP contribution in [0.5, 0.6) is 17.2 Å². The second-order valence-corrected chi connectivity index (χ2v) is 9.05. The first-order valence-electron chi connectivity index (χ1n) is 10.0. The van der Waals surface area contributed by atoms with Gasteiger partial charge in [-0.15, -0.1) is 20.6 Å². The van der Waals surface area contributed by atoms with Gasteiger partial charge in [-0.3, -0.25) is 0 Å².